The third-order valence-corrected chi connectivity index (χ3v) is 6.74. The van der Waals surface area contributed by atoms with E-state index in [9.17, 15) is 4.79 Å². The second-order valence-corrected chi connectivity index (χ2v) is 8.81. The molecule has 2 aromatic rings. The van der Waals surface area contributed by atoms with Gasteiger partial charge in [-0.1, -0.05) is 6.42 Å². The van der Waals surface area contributed by atoms with Gasteiger partial charge in [0.2, 0.25) is 11.9 Å². The molecule has 5 rings (SSSR count). The Bertz CT molecular complexity index is 880. The minimum atomic E-state index is 0.0672. The Kier molecular flexibility index (Phi) is 5.53. The highest BCUT2D eigenvalue weighted by Crippen LogP contribution is 2.44. The van der Waals surface area contributed by atoms with Crippen molar-refractivity contribution < 1.29 is 4.79 Å². The maximum atomic E-state index is 12.5. The van der Waals surface area contributed by atoms with Gasteiger partial charge in [0, 0.05) is 49.8 Å². The van der Waals surface area contributed by atoms with Gasteiger partial charge in [-0.15, -0.1) is 0 Å². The molecule has 1 aromatic heterocycles. The van der Waals surface area contributed by atoms with E-state index in [0.717, 1.165) is 49.9 Å². The molecule has 1 saturated heterocycles. The quantitative estimate of drug-likeness (QED) is 0.684. The van der Waals surface area contributed by atoms with Crippen LogP contribution in [0.15, 0.2) is 36.5 Å². The summed E-state index contributed by atoms with van der Waals surface area (Å²) in [6.07, 6.45) is 7.06. The second kappa shape index (κ2) is 8.60. The zero-order valence-corrected chi connectivity index (χ0v) is 17.3. The lowest BCUT2D eigenvalue weighted by atomic mass is 9.95. The summed E-state index contributed by atoms with van der Waals surface area (Å²) >= 11 is 0. The Balaban J connectivity index is 1.17. The number of piperazine rings is 1. The Morgan fingerprint density at radius 3 is 2.67 bits per heavy atom. The van der Waals surface area contributed by atoms with Crippen molar-refractivity contribution in [2.75, 3.05) is 36.4 Å². The van der Waals surface area contributed by atoms with Gasteiger partial charge >= 0.3 is 0 Å². The van der Waals surface area contributed by atoms with Crippen molar-refractivity contribution in [2.45, 2.75) is 38.1 Å². The van der Waals surface area contributed by atoms with Crippen molar-refractivity contribution >= 4 is 23.2 Å². The van der Waals surface area contributed by atoms with Gasteiger partial charge in [-0.25, -0.2) is 9.97 Å². The van der Waals surface area contributed by atoms with E-state index in [1.54, 1.807) is 6.20 Å². The SMILES string of the molecule is O=C(Cc1ccnc(Nc2ccc(N3CCNCC3)cc2)n1)NC1CC2CCC1C2. The fourth-order valence-electron chi connectivity index (χ4n) is 5.21. The number of hydrogen-bond donors (Lipinski definition) is 3. The van der Waals surface area contributed by atoms with E-state index < -0.39 is 0 Å². The second-order valence-electron chi connectivity index (χ2n) is 8.81. The Morgan fingerprint density at radius 2 is 1.93 bits per heavy atom. The lowest BCUT2D eigenvalue weighted by Gasteiger charge is -2.29. The van der Waals surface area contributed by atoms with Gasteiger partial charge < -0.3 is 20.9 Å². The van der Waals surface area contributed by atoms with Crippen LogP contribution < -0.4 is 20.9 Å². The van der Waals surface area contributed by atoms with E-state index in [1.165, 1.54) is 24.9 Å². The highest BCUT2D eigenvalue weighted by atomic mass is 16.1. The summed E-state index contributed by atoms with van der Waals surface area (Å²) in [5, 5.41) is 9.87. The molecular formula is C23H30N6O. The molecule has 30 heavy (non-hydrogen) atoms. The minimum absolute atomic E-state index is 0.0672. The van der Waals surface area contributed by atoms with Gasteiger partial charge in [-0.2, -0.15) is 0 Å². The van der Waals surface area contributed by atoms with Crippen LogP contribution in [0.1, 0.15) is 31.4 Å². The summed E-state index contributed by atoms with van der Waals surface area (Å²) in [6.45, 7) is 4.11. The molecule has 3 aliphatic rings. The number of amides is 1. The number of aromatic nitrogens is 2. The van der Waals surface area contributed by atoms with E-state index in [4.69, 9.17) is 0 Å². The summed E-state index contributed by atoms with van der Waals surface area (Å²) < 4.78 is 0. The highest BCUT2D eigenvalue weighted by molar-refractivity contribution is 5.78. The van der Waals surface area contributed by atoms with Crippen molar-refractivity contribution in [1.29, 1.82) is 0 Å². The Morgan fingerprint density at radius 1 is 1.10 bits per heavy atom. The number of nitrogens with one attached hydrogen (secondary N) is 3. The average Bonchev–Trinajstić information content (AvgIpc) is 3.38. The maximum absolute atomic E-state index is 12.5. The van der Waals surface area contributed by atoms with Crippen LogP contribution in [0.2, 0.25) is 0 Å². The summed E-state index contributed by atoms with van der Waals surface area (Å²) in [4.78, 5) is 23.7. The number of rotatable bonds is 6. The largest absolute Gasteiger partial charge is 0.369 e. The highest BCUT2D eigenvalue weighted by Gasteiger charge is 2.40. The third-order valence-electron chi connectivity index (χ3n) is 6.74. The fourth-order valence-corrected chi connectivity index (χ4v) is 5.21. The first-order chi connectivity index (χ1) is 14.7. The number of hydrogen-bond acceptors (Lipinski definition) is 6. The number of nitrogens with zero attached hydrogens (tertiary/aromatic N) is 3. The molecule has 2 heterocycles. The van der Waals surface area contributed by atoms with Crippen LogP contribution in [-0.2, 0) is 11.2 Å². The molecular weight excluding hydrogens is 376 g/mol. The molecule has 0 radical (unpaired) electrons. The topological polar surface area (TPSA) is 82.2 Å². The summed E-state index contributed by atoms with van der Waals surface area (Å²) in [7, 11) is 0. The monoisotopic (exact) mass is 406 g/mol. The number of carbonyl (C=O) groups is 1. The van der Waals surface area contributed by atoms with Crippen LogP contribution in [0.5, 0.6) is 0 Å². The number of anilines is 3. The first-order valence-corrected chi connectivity index (χ1v) is 11.2. The molecule has 2 aliphatic carbocycles. The van der Waals surface area contributed by atoms with Crippen LogP contribution in [0.3, 0.4) is 0 Å². The molecule has 7 heteroatoms. The Hall–Kier alpha value is -2.67. The van der Waals surface area contributed by atoms with Gasteiger partial charge in [0.05, 0.1) is 12.1 Å². The molecule has 3 fully saturated rings. The van der Waals surface area contributed by atoms with Crippen LogP contribution in [0.4, 0.5) is 17.3 Å². The molecule has 1 aromatic carbocycles. The van der Waals surface area contributed by atoms with Gasteiger partial charge in [-0.05, 0) is 61.4 Å². The normalized spacial score (nSPS) is 25.3. The summed E-state index contributed by atoms with van der Waals surface area (Å²) in [5.41, 5.74) is 2.91. The van der Waals surface area contributed by atoms with E-state index in [0.29, 0.717) is 24.3 Å². The van der Waals surface area contributed by atoms with Crippen LogP contribution in [0, 0.1) is 11.8 Å². The molecule has 3 atom stereocenters. The molecule has 158 valence electrons. The van der Waals surface area contributed by atoms with E-state index in [-0.39, 0.29) is 5.91 Å². The predicted octanol–water partition coefficient (Wildman–Crippen LogP) is 2.48. The third kappa shape index (κ3) is 4.41. The molecule has 2 bridgehead atoms. The summed E-state index contributed by atoms with van der Waals surface area (Å²) in [6, 6.07) is 10.5. The van der Waals surface area contributed by atoms with E-state index >= 15 is 0 Å². The molecule has 1 aliphatic heterocycles. The van der Waals surface area contributed by atoms with Crippen molar-refractivity contribution in [1.82, 2.24) is 20.6 Å². The van der Waals surface area contributed by atoms with Gasteiger partial charge in [-0.3, -0.25) is 4.79 Å². The number of benzene rings is 1. The van der Waals surface area contributed by atoms with Crippen LogP contribution >= 0.6 is 0 Å². The lowest BCUT2D eigenvalue weighted by molar-refractivity contribution is -0.121. The van der Waals surface area contributed by atoms with Crippen molar-refractivity contribution in [3.63, 3.8) is 0 Å². The van der Waals surface area contributed by atoms with Crippen molar-refractivity contribution in [3.05, 3.63) is 42.2 Å². The zero-order chi connectivity index (χ0) is 20.3. The minimum Gasteiger partial charge on any atom is -0.369 e. The predicted molar refractivity (Wildman–Crippen MR) is 118 cm³/mol. The average molecular weight is 407 g/mol. The van der Waals surface area contributed by atoms with Gasteiger partial charge in [0.15, 0.2) is 0 Å². The first-order valence-electron chi connectivity index (χ1n) is 11.2. The lowest BCUT2D eigenvalue weighted by Crippen LogP contribution is -2.43. The van der Waals surface area contributed by atoms with Gasteiger partial charge in [0.25, 0.3) is 0 Å². The van der Waals surface area contributed by atoms with E-state index in [1.807, 2.05) is 6.07 Å². The van der Waals surface area contributed by atoms with Crippen molar-refractivity contribution in [2.24, 2.45) is 11.8 Å². The van der Waals surface area contributed by atoms with Crippen LogP contribution in [-0.4, -0.2) is 48.1 Å². The molecule has 7 nitrogen and oxygen atoms in total. The van der Waals surface area contributed by atoms with Gasteiger partial charge in [0.1, 0.15) is 0 Å². The molecule has 2 saturated carbocycles. The maximum Gasteiger partial charge on any atom is 0.227 e. The molecule has 1 amide bonds. The number of carbonyl (C=O) groups excluding carboxylic acids is 1. The standard InChI is InChI=1S/C23H30N6O/c30-22(28-21-14-16-1-2-17(21)13-16)15-19-7-8-25-23(27-19)26-18-3-5-20(6-4-18)29-11-9-24-10-12-29/h3-8,16-17,21,24H,1-2,9-15H2,(H,28,30)(H,25,26,27). The molecule has 3 unspecified atom stereocenters. The fraction of sp³-hybridized carbons (Fsp3) is 0.522. The first kappa shape index (κ1) is 19.3. The molecule has 3 N–H and O–H groups in total. The zero-order valence-electron chi connectivity index (χ0n) is 17.3. The summed E-state index contributed by atoms with van der Waals surface area (Å²) in [5.74, 6) is 2.10. The van der Waals surface area contributed by atoms with Crippen molar-refractivity contribution in [3.8, 4) is 0 Å². The Labute approximate surface area is 177 Å². The van der Waals surface area contributed by atoms with Crippen LogP contribution in [0.25, 0.3) is 0 Å². The number of fused-ring (bicyclic) bond motifs is 2. The molecule has 0 spiro atoms. The smallest absolute Gasteiger partial charge is 0.227 e. The van der Waals surface area contributed by atoms with E-state index in [2.05, 4.69) is 55.1 Å².